The Labute approximate surface area is 103 Å². The lowest BCUT2D eigenvalue weighted by atomic mass is 10.1. The fourth-order valence-corrected chi connectivity index (χ4v) is 2.06. The molecule has 0 fully saturated rings. The van der Waals surface area contributed by atoms with Gasteiger partial charge in [0.2, 0.25) is 5.01 Å². The molecule has 0 spiro atoms. The zero-order chi connectivity index (χ0) is 13.3. The van der Waals surface area contributed by atoms with Gasteiger partial charge in [-0.25, -0.2) is 4.79 Å². The predicted molar refractivity (Wildman–Crippen MR) is 57.3 cm³/mol. The molecule has 0 bridgehead atoms. The molecule has 18 heavy (non-hydrogen) atoms. The van der Waals surface area contributed by atoms with Crippen LogP contribution in [0.4, 0.5) is 13.2 Å². The van der Waals surface area contributed by atoms with Gasteiger partial charge in [0.1, 0.15) is 5.01 Å². The first-order chi connectivity index (χ1) is 8.39. The van der Waals surface area contributed by atoms with Crippen molar-refractivity contribution >= 4 is 17.3 Å². The second kappa shape index (κ2) is 4.37. The van der Waals surface area contributed by atoms with Gasteiger partial charge in [-0.05, 0) is 6.07 Å². The molecule has 94 valence electrons. The van der Waals surface area contributed by atoms with Gasteiger partial charge >= 0.3 is 12.1 Å². The van der Waals surface area contributed by atoms with Gasteiger partial charge in [-0.15, -0.1) is 10.2 Å². The summed E-state index contributed by atoms with van der Waals surface area (Å²) in [5.41, 5.74) is -1.03. The maximum Gasteiger partial charge on any atom is 0.417 e. The molecule has 0 saturated heterocycles. The van der Waals surface area contributed by atoms with Gasteiger partial charge in [0, 0.05) is 5.56 Å². The molecule has 4 nitrogen and oxygen atoms in total. The molecule has 2 aromatic rings. The minimum Gasteiger partial charge on any atom is -0.476 e. The second-order valence-electron chi connectivity index (χ2n) is 3.26. The maximum absolute atomic E-state index is 12.7. The van der Waals surface area contributed by atoms with E-state index in [1.165, 1.54) is 18.2 Å². The molecular formula is C10H5F3N2O2S. The third kappa shape index (κ3) is 2.33. The van der Waals surface area contributed by atoms with Crippen molar-refractivity contribution in [2.75, 3.05) is 0 Å². The minimum atomic E-state index is -4.52. The second-order valence-corrected chi connectivity index (χ2v) is 4.24. The van der Waals surface area contributed by atoms with Crippen LogP contribution >= 0.6 is 11.3 Å². The number of halogens is 3. The number of aromatic carboxylic acids is 1. The number of hydrogen-bond acceptors (Lipinski definition) is 4. The van der Waals surface area contributed by atoms with Gasteiger partial charge < -0.3 is 5.11 Å². The van der Waals surface area contributed by atoms with E-state index in [-0.39, 0.29) is 15.6 Å². The van der Waals surface area contributed by atoms with Gasteiger partial charge in [-0.2, -0.15) is 13.2 Å². The quantitative estimate of drug-likeness (QED) is 0.914. The van der Waals surface area contributed by atoms with E-state index in [1.54, 1.807) is 0 Å². The van der Waals surface area contributed by atoms with Crippen LogP contribution in [0, 0.1) is 0 Å². The zero-order valence-electron chi connectivity index (χ0n) is 8.60. The normalized spacial score (nSPS) is 11.5. The highest BCUT2D eigenvalue weighted by Crippen LogP contribution is 2.37. The highest BCUT2D eigenvalue weighted by atomic mass is 32.1. The summed E-state index contributed by atoms with van der Waals surface area (Å²) < 4.78 is 38.2. The van der Waals surface area contributed by atoms with Gasteiger partial charge in [0.25, 0.3) is 0 Å². The van der Waals surface area contributed by atoms with Crippen LogP contribution in [0.3, 0.4) is 0 Å². The number of carboxylic acids is 1. The van der Waals surface area contributed by atoms with Crippen LogP contribution < -0.4 is 0 Å². The maximum atomic E-state index is 12.7. The molecule has 0 aliphatic heterocycles. The number of carbonyl (C=O) groups is 1. The molecule has 0 aliphatic rings. The van der Waals surface area contributed by atoms with Crippen molar-refractivity contribution in [3.8, 4) is 10.6 Å². The van der Waals surface area contributed by atoms with Crippen molar-refractivity contribution in [3.05, 3.63) is 34.8 Å². The number of rotatable bonds is 2. The van der Waals surface area contributed by atoms with Crippen molar-refractivity contribution in [1.29, 1.82) is 0 Å². The van der Waals surface area contributed by atoms with Crippen molar-refractivity contribution < 1.29 is 23.1 Å². The monoisotopic (exact) mass is 274 g/mol. The van der Waals surface area contributed by atoms with E-state index in [0.717, 1.165) is 6.07 Å². The zero-order valence-corrected chi connectivity index (χ0v) is 9.42. The fourth-order valence-electron chi connectivity index (χ4n) is 1.34. The Kier molecular flexibility index (Phi) is 3.04. The molecule has 1 heterocycles. The molecule has 0 radical (unpaired) electrons. The molecule has 0 unspecified atom stereocenters. The summed E-state index contributed by atoms with van der Waals surface area (Å²) in [5.74, 6) is -1.32. The summed E-state index contributed by atoms with van der Waals surface area (Å²) in [6.07, 6.45) is -4.52. The Balaban J connectivity index is 2.53. The Bertz CT molecular complexity index is 595. The minimum absolute atomic E-state index is 0.0691. The molecule has 0 saturated carbocycles. The standard InChI is InChI=1S/C10H5F3N2O2S/c11-10(12,13)6-4-2-1-3-5(6)7-14-15-8(18-7)9(16)17/h1-4H,(H,16,17). The van der Waals surface area contributed by atoms with E-state index in [9.17, 15) is 18.0 Å². The van der Waals surface area contributed by atoms with Crippen LogP contribution in [0.1, 0.15) is 15.4 Å². The van der Waals surface area contributed by atoms with Crippen LogP contribution in [0.5, 0.6) is 0 Å². The number of benzene rings is 1. The van der Waals surface area contributed by atoms with Crippen LogP contribution in [0.25, 0.3) is 10.6 Å². The Morgan fingerprint density at radius 2 is 1.89 bits per heavy atom. The lowest BCUT2D eigenvalue weighted by Crippen LogP contribution is -2.06. The fraction of sp³-hybridized carbons (Fsp3) is 0.100. The molecule has 1 N–H and O–H groups in total. The SMILES string of the molecule is O=C(O)c1nnc(-c2ccccc2C(F)(F)F)s1. The summed E-state index contributed by atoms with van der Waals surface area (Å²) in [5, 5.41) is 15.0. The molecule has 2 rings (SSSR count). The smallest absolute Gasteiger partial charge is 0.417 e. The number of aromatic nitrogens is 2. The van der Waals surface area contributed by atoms with E-state index >= 15 is 0 Å². The van der Waals surface area contributed by atoms with Crippen molar-refractivity contribution in [1.82, 2.24) is 10.2 Å². The summed E-state index contributed by atoms with van der Waals surface area (Å²) in [4.78, 5) is 10.6. The summed E-state index contributed by atoms with van der Waals surface area (Å²) >= 11 is 0.603. The summed E-state index contributed by atoms with van der Waals surface area (Å²) in [6.45, 7) is 0. The average molecular weight is 274 g/mol. The van der Waals surface area contributed by atoms with Crippen molar-refractivity contribution in [3.63, 3.8) is 0 Å². The van der Waals surface area contributed by atoms with Crippen LogP contribution in [0.2, 0.25) is 0 Å². The van der Waals surface area contributed by atoms with Crippen molar-refractivity contribution in [2.45, 2.75) is 6.18 Å². The Morgan fingerprint density at radius 3 is 2.44 bits per heavy atom. The van der Waals surface area contributed by atoms with E-state index in [0.29, 0.717) is 11.3 Å². The molecule has 1 aromatic heterocycles. The first kappa shape index (κ1) is 12.5. The number of nitrogens with zero attached hydrogens (tertiary/aromatic N) is 2. The lowest BCUT2D eigenvalue weighted by Gasteiger charge is -2.09. The van der Waals surface area contributed by atoms with Crippen LogP contribution in [0.15, 0.2) is 24.3 Å². The molecule has 0 amide bonds. The van der Waals surface area contributed by atoms with Gasteiger partial charge in [0.15, 0.2) is 0 Å². The first-order valence-electron chi connectivity index (χ1n) is 4.63. The summed E-state index contributed by atoms with van der Waals surface area (Å²) in [6, 6.07) is 4.82. The molecule has 1 aromatic carbocycles. The number of carboxylic acid groups (broad SMARTS) is 1. The Morgan fingerprint density at radius 1 is 1.22 bits per heavy atom. The topological polar surface area (TPSA) is 63.1 Å². The molecule has 8 heteroatoms. The largest absolute Gasteiger partial charge is 0.476 e. The van der Waals surface area contributed by atoms with Gasteiger partial charge in [-0.3, -0.25) is 0 Å². The predicted octanol–water partition coefficient (Wildman–Crippen LogP) is 2.92. The number of hydrogen-bond donors (Lipinski definition) is 1. The average Bonchev–Trinajstić information content (AvgIpc) is 2.77. The van der Waals surface area contributed by atoms with E-state index in [2.05, 4.69) is 10.2 Å². The highest BCUT2D eigenvalue weighted by Gasteiger charge is 2.34. The van der Waals surface area contributed by atoms with Crippen LogP contribution in [-0.2, 0) is 6.18 Å². The number of alkyl halides is 3. The van der Waals surface area contributed by atoms with E-state index in [4.69, 9.17) is 5.11 Å². The molecule has 0 atom stereocenters. The van der Waals surface area contributed by atoms with Gasteiger partial charge in [-0.1, -0.05) is 29.5 Å². The third-order valence-electron chi connectivity index (χ3n) is 2.07. The lowest BCUT2D eigenvalue weighted by molar-refractivity contribution is -0.137. The highest BCUT2D eigenvalue weighted by molar-refractivity contribution is 7.16. The van der Waals surface area contributed by atoms with E-state index < -0.39 is 17.7 Å². The first-order valence-corrected chi connectivity index (χ1v) is 5.44. The Hall–Kier alpha value is -1.96. The van der Waals surface area contributed by atoms with Crippen molar-refractivity contribution in [2.24, 2.45) is 0 Å². The van der Waals surface area contributed by atoms with Crippen LogP contribution in [-0.4, -0.2) is 21.3 Å². The molecular weight excluding hydrogens is 269 g/mol. The summed E-state index contributed by atoms with van der Waals surface area (Å²) in [7, 11) is 0. The third-order valence-corrected chi connectivity index (χ3v) is 3.02. The van der Waals surface area contributed by atoms with Gasteiger partial charge in [0.05, 0.1) is 5.56 Å². The van der Waals surface area contributed by atoms with E-state index in [1.807, 2.05) is 0 Å². The molecule has 0 aliphatic carbocycles.